The molecule has 6 N–H and O–H groups in total. The molecule has 1 heterocycles. The second-order valence-corrected chi connectivity index (χ2v) is 12.4. The molecule has 1 aliphatic heterocycles. The van der Waals surface area contributed by atoms with Gasteiger partial charge in [0.15, 0.2) is 6.29 Å². The molecule has 8 nitrogen and oxygen atoms in total. The van der Waals surface area contributed by atoms with Crippen molar-refractivity contribution in [1.82, 2.24) is 0 Å². The van der Waals surface area contributed by atoms with Crippen molar-refractivity contribution in [3.8, 4) is 0 Å². The number of hydrogen-bond donors (Lipinski definition) is 6. The molecule has 3 fully saturated rings. The standard InChI is InChI=1S/C26H44O8/c1-24(2)17-6-5-14-11-25(3,9-7-15(14)26(17,4)10-8-18(24)28)19(29)13-33-23-22(32)21(31)20(30)16(12-27)34-23/h5,15-23,27-32H,6-13H2,1-4H3/t15-,16-,17-,18+,19?,20-,21+,22-,23-,25+,26+/m1/s1. The molecule has 0 aromatic carbocycles. The Bertz CT molecular complexity index is 768. The van der Waals surface area contributed by atoms with E-state index in [9.17, 15) is 30.6 Å². The van der Waals surface area contributed by atoms with Crippen LogP contribution in [0.25, 0.3) is 0 Å². The van der Waals surface area contributed by atoms with Gasteiger partial charge >= 0.3 is 0 Å². The molecule has 0 radical (unpaired) electrons. The minimum Gasteiger partial charge on any atom is -0.394 e. The molecule has 8 heteroatoms. The van der Waals surface area contributed by atoms with Crippen LogP contribution in [0, 0.1) is 28.1 Å². The Balaban J connectivity index is 1.42. The third-order valence-electron chi connectivity index (χ3n) is 10.1. The second kappa shape index (κ2) is 9.38. The summed E-state index contributed by atoms with van der Waals surface area (Å²) in [6.07, 6.45) is -0.0602. The first-order valence-electron chi connectivity index (χ1n) is 12.8. The van der Waals surface area contributed by atoms with Crippen LogP contribution in [-0.4, -0.2) is 86.8 Å². The molecular weight excluding hydrogens is 440 g/mol. The summed E-state index contributed by atoms with van der Waals surface area (Å²) in [6.45, 7) is 8.25. The Labute approximate surface area is 202 Å². The number of ether oxygens (including phenoxy) is 2. The van der Waals surface area contributed by atoms with Crippen molar-refractivity contribution in [3.05, 3.63) is 11.6 Å². The van der Waals surface area contributed by atoms with Gasteiger partial charge in [-0.1, -0.05) is 39.3 Å². The maximum atomic E-state index is 11.1. The van der Waals surface area contributed by atoms with E-state index in [0.717, 1.165) is 38.5 Å². The largest absolute Gasteiger partial charge is 0.394 e. The Morgan fingerprint density at radius 1 is 1.03 bits per heavy atom. The lowest BCUT2D eigenvalue weighted by Crippen LogP contribution is -2.59. The van der Waals surface area contributed by atoms with Gasteiger partial charge in [0.05, 0.1) is 25.4 Å². The molecule has 4 aliphatic rings. The van der Waals surface area contributed by atoms with Crippen molar-refractivity contribution in [3.63, 3.8) is 0 Å². The molecule has 0 aromatic rings. The van der Waals surface area contributed by atoms with Gasteiger partial charge in [0, 0.05) is 0 Å². The van der Waals surface area contributed by atoms with Crippen LogP contribution in [-0.2, 0) is 9.47 Å². The second-order valence-electron chi connectivity index (χ2n) is 12.4. The fourth-order valence-corrected chi connectivity index (χ4v) is 7.52. The smallest absolute Gasteiger partial charge is 0.186 e. The van der Waals surface area contributed by atoms with Gasteiger partial charge in [0.2, 0.25) is 0 Å². The van der Waals surface area contributed by atoms with Gasteiger partial charge in [0.25, 0.3) is 0 Å². The maximum absolute atomic E-state index is 11.1. The summed E-state index contributed by atoms with van der Waals surface area (Å²) in [5.41, 5.74) is 1.02. The van der Waals surface area contributed by atoms with Crippen LogP contribution >= 0.6 is 0 Å². The number of aliphatic hydroxyl groups is 6. The molecule has 196 valence electrons. The van der Waals surface area contributed by atoms with Gasteiger partial charge in [0.1, 0.15) is 24.4 Å². The number of rotatable bonds is 5. The van der Waals surface area contributed by atoms with E-state index in [2.05, 4.69) is 33.8 Å². The van der Waals surface area contributed by atoms with Crippen molar-refractivity contribution in [2.45, 2.75) is 109 Å². The lowest BCUT2D eigenvalue weighted by Gasteiger charge is -2.60. The zero-order valence-corrected chi connectivity index (χ0v) is 20.9. The Morgan fingerprint density at radius 2 is 1.74 bits per heavy atom. The number of aliphatic hydroxyl groups excluding tert-OH is 6. The van der Waals surface area contributed by atoms with Gasteiger partial charge in [-0.25, -0.2) is 0 Å². The van der Waals surface area contributed by atoms with Gasteiger partial charge in [-0.05, 0) is 66.6 Å². The fraction of sp³-hybridized carbons (Fsp3) is 0.923. The average molecular weight is 485 g/mol. The highest BCUT2D eigenvalue weighted by Gasteiger charge is 2.57. The van der Waals surface area contributed by atoms with E-state index in [0.29, 0.717) is 11.8 Å². The van der Waals surface area contributed by atoms with Gasteiger partial charge in [-0.2, -0.15) is 0 Å². The highest BCUT2D eigenvalue weighted by Crippen LogP contribution is 2.63. The fourth-order valence-electron chi connectivity index (χ4n) is 7.52. The van der Waals surface area contributed by atoms with Crippen molar-refractivity contribution >= 4 is 0 Å². The van der Waals surface area contributed by atoms with E-state index in [1.807, 2.05) is 0 Å². The summed E-state index contributed by atoms with van der Waals surface area (Å²) < 4.78 is 11.1. The van der Waals surface area contributed by atoms with Crippen molar-refractivity contribution in [1.29, 1.82) is 0 Å². The third kappa shape index (κ3) is 4.28. The Morgan fingerprint density at radius 3 is 2.41 bits per heavy atom. The Hall–Kier alpha value is -0.580. The zero-order chi connectivity index (χ0) is 25.1. The molecule has 1 saturated heterocycles. The topological polar surface area (TPSA) is 140 Å². The summed E-state index contributed by atoms with van der Waals surface area (Å²) in [7, 11) is 0. The van der Waals surface area contributed by atoms with Gasteiger partial charge in [-0.3, -0.25) is 0 Å². The maximum Gasteiger partial charge on any atom is 0.186 e. The first kappa shape index (κ1) is 26.5. The summed E-state index contributed by atoms with van der Waals surface area (Å²) in [5.74, 6) is 0.881. The van der Waals surface area contributed by atoms with Crippen LogP contribution in [0.15, 0.2) is 11.6 Å². The quantitative estimate of drug-likeness (QED) is 0.319. The summed E-state index contributed by atoms with van der Waals surface area (Å²) in [4.78, 5) is 0. The SMILES string of the molecule is CC1(C)[C@H]2CC=C3C[C@@](C)(C(O)CO[C@@H]4O[C@H](CO)[C@@H](O)[C@H](O)[C@H]4O)CC[C@H]3[C@]2(C)CC[C@@H]1O. The van der Waals surface area contributed by atoms with E-state index in [-0.39, 0.29) is 23.5 Å². The molecule has 4 rings (SSSR count). The lowest BCUT2D eigenvalue weighted by atomic mass is 9.45. The highest BCUT2D eigenvalue weighted by atomic mass is 16.7. The van der Waals surface area contributed by atoms with Crippen molar-refractivity contribution < 1.29 is 40.1 Å². The van der Waals surface area contributed by atoms with E-state index in [1.165, 1.54) is 5.57 Å². The zero-order valence-electron chi connectivity index (χ0n) is 20.9. The van der Waals surface area contributed by atoms with Crippen LogP contribution < -0.4 is 0 Å². The molecule has 0 aromatic heterocycles. The number of fused-ring (bicyclic) bond motifs is 3. The number of hydrogen-bond acceptors (Lipinski definition) is 8. The predicted molar refractivity (Wildman–Crippen MR) is 124 cm³/mol. The molecule has 2 saturated carbocycles. The summed E-state index contributed by atoms with van der Waals surface area (Å²) >= 11 is 0. The monoisotopic (exact) mass is 484 g/mol. The Kier molecular flexibility index (Phi) is 7.30. The van der Waals surface area contributed by atoms with E-state index < -0.39 is 48.8 Å². The van der Waals surface area contributed by atoms with Crippen LogP contribution in [0.5, 0.6) is 0 Å². The van der Waals surface area contributed by atoms with Crippen LogP contribution in [0.3, 0.4) is 0 Å². The molecule has 3 aliphatic carbocycles. The average Bonchev–Trinajstić information content (AvgIpc) is 2.79. The molecule has 1 unspecified atom stereocenters. The van der Waals surface area contributed by atoms with E-state index in [4.69, 9.17) is 9.47 Å². The molecule has 34 heavy (non-hydrogen) atoms. The molecule has 0 bridgehead atoms. The van der Waals surface area contributed by atoms with Crippen molar-refractivity contribution in [2.75, 3.05) is 13.2 Å². The minimum absolute atomic E-state index is 0.0871. The van der Waals surface area contributed by atoms with Crippen LogP contribution in [0.2, 0.25) is 0 Å². The highest BCUT2D eigenvalue weighted by molar-refractivity contribution is 5.24. The third-order valence-corrected chi connectivity index (χ3v) is 10.1. The van der Waals surface area contributed by atoms with Crippen LogP contribution in [0.4, 0.5) is 0 Å². The lowest BCUT2D eigenvalue weighted by molar-refractivity contribution is -0.306. The molecular formula is C26H44O8. The first-order chi connectivity index (χ1) is 15.8. The summed E-state index contributed by atoms with van der Waals surface area (Å²) in [6, 6.07) is 0. The molecule has 0 amide bonds. The van der Waals surface area contributed by atoms with E-state index in [1.54, 1.807) is 0 Å². The minimum atomic E-state index is -1.50. The van der Waals surface area contributed by atoms with E-state index >= 15 is 0 Å². The van der Waals surface area contributed by atoms with Gasteiger partial charge in [-0.15, -0.1) is 0 Å². The molecule has 0 spiro atoms. The summed E-state index contributed by atoms with van der Waals surface area (Å²) in [5, 5.41) is 61.3. The van der Waals surface area contributed by atoms with Crippen LogP contribution in [0.1, 0.15) is 66.2 Å². The normalized spacial score (nSPS) is 49.5. The van der Waals surface area contributed by atoms with Gasteiger partial charge < -0.3 is 40.1 Å². The molecule has 11 atom stereocenters. The van der Waals surface area contributed by atoms with Crippen molar-refractivity contribution in [2.24, 2.45) is 28.1 Å². The predicted octanol–water partition coefficient (Wildman–Crippen LogP) is 1.10. The first-order valence-corrected chi connectivity index (χ1v) is 12.8. The number of allylic oxidation sites excluding steroid dienone is 2.